The number of hydrogen-bond donors (Lipinski definition) is 1. The summed E-state index contributed by atoms with van der Waals surface area (Å²) in [5, 5.41) is 2.21. The van der Waals surface area contributed by atoms with Crippen LogP contribution in [0.1, 0.15) is 19.4 Å². The van der Waals surface area contributed by atoms with Gasteiger partial charge in [0.1, 0.15) is 0 Å². The first kappa shape index (κ1) is 15.7. The average Bonchev–Trinajstić information content (AvgIpc) is 2.43. The molecule has 0 bridgehead atoms. The molecule has 0 saturated carbocycles. The van der Waals surface area contributed by atoms with E-state index in [9.17, 15) is 14.0 Å². The number of halogens is 1. The maximum absolute atomic E-state index is 14.0. The highest BCUT2D eigenvalue weighted by atomic mass is 19.1. The van der Waals surface area contributed by atoms with Crippen molar-refractivity contribution in [3.63, 3.8) is 0 Å². The highest BCUT2D eigenvalue weighted by molar-refractivity contribution is 5.84. The van der Waals surface area contributed by atoms with Gasteiger partial charge < -0.3 is 10.1 Å². The molecule has 20 heavy (non-hydrogen) atoms. The molecule has 1 N–H and O–H groups in total. The lowest BCUT2D eigenvalue weighted by Crippen LogP contribution is -2.46. The summed E-state index contributed by atoms with van der Waals surface area (Å²) < 4.78 is 18.7. The Morgan fingerprint density at radius 3 is 2.55 bits per heavy atom. The van der Waals surface area contributed by atoms with Gasteiger partial charge in [-0.2, -0.15) is 0 Å². The second-order valence-corrected chi connectivity index (χ2v) is 3.97. The zero-order valence-electron chi connectivity index (χ0n) is 11.4. The molecule has 106 valence electrons. The Labute approximate surface area is 117 Å². The van der Waals surface area contributed by atoms with Crippen molar-refractivity contribution in [1.29, 1.82) is 0 Å². The van der Waals surface area contributed by atoms with Gasteiger partial charge in [-0.1, -0.05) is 30.0 Å². The van der Waals surface area contributed by atoms with E-state index in [2.05, 4.69) is 17.2 Å². The largest absolute Gasteiger partial charge is 0.464 e. The molecule has 0 saturated heterocycles. The number of nitrogens with one attached hydrogen (secondary N) is 1. The molecule has 1 amide bonds. The van der Waals surface area contributed by atoms with E-state index in [1.807, 2.05) is 6.07 Å². The Morgan fingerprint density at radius 2 is 2.00 bits per heavy atom. The Kier molecular flexibility index (Phi) is 6.24. The van der Waals surface area contributed by atoms with Crippen LogP contribution in [0.4, 0.5) is 4.39 Å². The number of alkyl halides is 1. The van der Waals surface area contributed by atoms with Crippen molar-refractivity contribution < 1.29 is 18.7 Å². The summed E-state index contributed by atoms with van der Waals surface area (Å²) in [7, 11) is 0. The molecule has 0 heterocycles. The number of carbonyl (C=O) groups is 2. The van der Waals surface area contributed by atoms with E-state index in [1.54, 1.807) is 31.2 Å². The van der Waals surface area contributed by atoms with Crippen molar-refractivity contribution in [2.45, 2.75) is 26.1 Å². The van der Waals surface area contributed by atoms with Crippen LogP contribution in [0.25, 0.3) is 0 Å². The monoisotopic (exact) mass is 277 g/mol. The van der Waals surface area contributed by atoms with Crippen LogP contribution in [-0.2, 0) is 14.3 Å². The quantitative estimate of drug-likeness (QED) is 0.669. The van der Waals surface area contributed by atoms with Crippen LogP contribution in [0.2, 0.25) is 0 Å². The highest BCUT2D eigenvalue weighted by Crippen LogP contribution is 2.03. The van der Waals surface area contributed by atoms with E-state index in [1.165, 1.54) is 6.92 Å². The van der Waals surface area contributed by atoms with Gasteiger partial charge in [-0.25, -0.2) is 9.18 Å². The van der Waals surface area contributed by atoms with Crippen LogP contribution < -0.4 is 5.32 Å². The molecule has 5 heteroatoms. The van der Waals surface area contributed by atoms with E-state index in [-0.39, 0.29) is 6.61 Å². The van der Waals surface area contributed by atoms with Crippen LogP contribution >= 0.6 is 0 Å². The predicted molar refractivity (Wildman–Crippen MR) is 72.5 cm³/mol. The molecule has 0 spiro atoms. The number of benzene rings is 1. The summed E-state index contributed by atoms with van der Waals surface area (Å²) in [5.74, 6) is 3.57. The maximum Gasteiger partial charge on any atom is 0.332 e. The predicted octanol–water partition coefficient (Wildman–Crippen LogP) is 1.44. The maximum atomic E-state index is 14.0. The molecule has 1 aromatic carbocycles. The zero-order valence-corrected chi connectivity index (χ0v) is 11.4. The van der Waals surface area contributed by atoms with Crippen molar-refractivity contribution in [3.05, 3.63) is 35.9 Å². The Hall–Kier alpha value is -2.35. The van der Waals surface area contributed by atoms with Gasteiger partial charge in [0.05, 0.1) is 6.61 Å². The fourth-order valence-electron chi connectivity index (χ4n) is 1.46. The second-order valence-electron chi connectivity index (χ2n) is 3.97. The van der Waals surface area contributed by atoms with Crippen molar-refractivity contribution >= 4 is 11.9 Å². The molecular formula is C15H16FNO3. The number of rotatable bonds is 4. The third-order valence-corrected chi connectivity index (χ3v) is 2.32. The SMILES string of the molecule is CCOC(=O)[C@@H](NC(C)=O)[C@@H](F)C#Cc1ccccc1. The van der Waals surface area contributed by atoms with Gasteiger partial charge in [0, 0.05) is 12.5 Å². The molecule has 0 aliphatic heterocycles. The van der Waals surface area contributed by atoms with Crippen LogP contribution in [-0.4, -0.2) is 30.7 Å². The summed E-state index contributed by atoms with van der Waals surface area (Å²) in [6, 6.07) is 7.39. The topological polar surface area (TPSA) is 55.4 Å². The molecule has 0 radical (unpaired) electrons. The van der Waals surface area contributed by atoms with Gasteiger partial charge in [-0.3, -0.25) is 4.79 Å². The van der Waals surface area contributed by atoms with Crippen molar-refractivity contribution in [3.8, 4) is 11.8 Å². The Morgan fingerprint density at radius 1 is 1.35 bits per heavy atom. The number of carbonyl (C=O) groups excluding carboxylic acids is 2. The molecule has 1 aromatic rings. The average molecular weight is 277 g/mol. The zero-order chi connectivity index (χ0) is 15.0. The second kappa shape index (κ2) is 7.95. The summed E-state index contributed by atoms with van der Waals surface area (Å²) in [4.78, 5) is 22.6. The first-order valence-corrected chi connectivity index (χ1v) is 6.19. The van der Waals surface area contributed by atoms with Gasteiger partial charge >= 0.3 is 5.97 Å². The number of hydrogen-bond acceptors (Lipinski definition) is 3. The number of esters is 1. The summed E-state index contributed by atoms with van der Waals surface area (Å²) in [6.45, 7) is 2.91. The van der Waals surface area contributed by atoms with Crippen molar-refractivity contribution in [2.75, 3.05) is 6.61 Å². The molecule has 0 aliphatic carbocycles. The van der Waals surface area contributed by atoms with Crippen LogP contribution in [0.15, 0.2) is 30.3 Å². The van der Waals surface area contributed by atoms with Crippen LogP contribution in [0.5, 0.6) is 0 Å². The molecule has 0 fully saturated rings. The Balaban J connectivity index is 2.83. The third kappa shape index (κ3) is 5.11. The molecule has 1 rings (SSSR count). The lowest BCUT2D eigenvalue weighted by Gasteiger charge is -2.16. The van der Waals surface area contributed by atoms with Crippen molar-refractivity contribution in [1.82, 2.24) is 5.32 Å². The van der Waals surface area contributed by atoms with E-state index in [4.69, 9.17) is 4.74 Å². The van der Waals surface area contributed by atoms with Gasteiger partial charge in [0.2, 0.25) is 5.91 Å². The molecule has 0 aromatic heterocycles. The molecule has 4 nitrogen and oxygen atoms in total. The normalized spacial score (nSPS) is 12.6. The molecule has 0 unspecified atom stereocenters. The standard InChI is InChI=1S/C15H16FNO3/c1-3-20-15(19)14(17-11(2)18)13(16)10-9-12-7-5-4-6-8-12/h4-8,13-14H,3H2,1-2H3,(H,17,18)/t13-,14-/m0/s1. The number of amides is 1. The van der Waals surface area contributed by atoms with Gasteiger partial charge in [-0.15, -0.1) is 0 Å². The summed E-state index contributed by atoms with van der Waals surface area (Å²) in [5.41, 5.74) is 0.626. The molecule has 0 aliphatic rings. The highest BCUT2D eigenvalue weighted by Gasteiger charge is 2.29. The smallest absolute Gasteiger partial charge is 0.332 e. The van der Waals surface area contributed by atoms with E-state index in [0.717, 1.165) is 0 Å². The molecular weight excluding hydrogens is 261 g/mol. The fourth-order valence-corrected chi connectivity index (χ4v) is 1.46. The summed E-state index contributed by atoms with van der Waals surface area (Å²) in [6.07, 6.45) is -1.84. The van der Waals surface area contributed by atoms with Crippen LogP contribution in [0, 0.1) is 11.8 Å². The minimum absolute atomic E-state index is 0.105. The van der Waals surface area contributed by atoms with E-state index >= 15 is 0 Å². The van der Waals surface area contributed by atoms with Gasteiger partial charge in [0.25, 0.3) is 0 Å². The fraction of sp³-hybridized carbons (Fsp3) is 0.333. The first-order chi connectivity index (χ1) is 9.54. The van der Waals surface area contributed by atoms with Crippen LogP contribution in [0.3, 0.4) is 0 Å². The number of ether oxygens (including phenoxy) is 1. The van der Waals surface area contributed by atoms with Crippen molar-refractivity contribution in [2.24, 2.45) is 0 Å². The Bertz CT molecular complexity index is 519. The van der Waals surface area contributed by atoms with Gasteiger partial charge in [0.15, 0.2) is 12.2 Å². The third-order valence-electron chi connectivity index (χ3n) is 2.32. The first-order valence-electron chi connectivity index (χ1n) is 6.19. The molecule has 2 atom stereocenters. The van der Waals surface area contributed by atoms with Gasteiger partial charge in [-0.05, 0) is 19.1 Å². The minimum Gasteiger partial charge on any atom is -0.464 e. The summed E-state index contributed by atoms with van der Waals surface area (Å²) >= 11 is 0. The minimum atomic E-state index is -1.84. The van der Waals surface area contributed by atoms with E-state index < -0.39 is 24.1 Å². The van der Waals surface area contributed by atoms with E-state index in [0.29, 0.717) is 5.56 Å². The lowest BCUT2D eigenvalue weighted by atomic mass is 10.1. The lowest BCUT2D eigenvalue weighted by molar-refractivity contribution is -0.148.